The largest absolute Gasteiger partial charge is 0.475 e. The van der Waals surface area contributed by atoms with E-state index in [0.29, 0.717) is 25.6 Å². The quantitative estimate of drug-likeness (QED) is 0.214. The fraction of sp³-hybridized carbons (Fsp3) is 0.478. The summed E-state index contributed by atoms with van der Waals surface area (Å²) in [4.78, 5) is 9.10. The molecule has 0 bridgehead atoms. The number of hydrogen-bond acceptors (Lipinski definition) is 4. The van der Waals surface area contributed by atoms with Crippen molar-refractivity contribution in [2.75, 3.05) is 33.4 Å². The molecule has 0 spiro atoms. The number of benzene rings is 1. The average Bonchev–Trinajstić information content (AvgIpc) is 2.73. The number of pyridine rings is 1. The summed E-state index contributed by atoms with van der Waals surface area (Å²) in [5.74, 6) is 1.44. The number of ether oxygens (including phenoxy) is 2. The molecular formula is C23H33IN4O2. The van der Waals surface area contributed by atoms with Crippen molar-refractivity contribution < 1.29 is 9.47 Å². The molecule has 0 saturated heterocycles. The number of aliphatic imine (C=N–C) groups is 1. The molecule has 1 aliphatic rings. The lowest BCUT2D eigenvalue weighted by Crippen LogP contribution is -2.48. The van der Waals surface area contributed by atoms with Crippen LogP contribution in [0.2, 0.25) is 0 Å². The van der Waals surface area contributed by atoms with Gasteiger partial charge in [-0.25, -0.2) is 9.98 Å². The SMILES string of the molecule is CCNC(=NCc1cccnc1OCCOC)NCC1(c2ccccc2)CCC1.I. The van der Waals surface area contributed by atoms with Gasteiger partial charge in [0, 0.05) is 37.4 Å². The Balaban J connectivity index is 0.00000320. The first-order valence-electron chi connectivity index (χ1n) is 10.4. The van der Waals surface area contributed by atoms with E-state index in [-0.39, 0.29) is 29.4 Å². The van der Waals surface area contributed by atoms with Crippen molar-refractivity contribution in [1.29, 1.82) is 0 Å². The first-order chi connectivity index (χ1) is 14.3. The number of nitrogens with zero attached hydrogens (tertiary/aromatic N) is 2. The minimum Gasteiger partial charge on any atom is -0.475 e. The third-order valence-corrected chi connectivity index (χ3v) is 5.42. The smallest absolute Gasteiger partial charge is 0.218 e. The van der Waals surface area contributed by atoms with Crippen LogP contribution in [-0.4, -0.2) is 44.4 Å². The Bertz CT molecular complexity index is 782. The van der Waals surface area contributed by atoms with E-state index in [1.807, 2.05) is 12.1 Å². The van der Waals surface area contributed by atoms with Crippen LogP contribution >= 0.6 is 24.0 Å². The van der Waals surface area contributed by atoms with Gasteiger partial charge < -0.3 is 20.1 Å². The summed E-state index contributed by atoms with van der Waals surface area (Å²) in [6, 6.07) is 14.7. The highest BCUT2D eigenvalue weighted by molar-refractivity contribution is 14.0. The molecule has 6 nitrogen and oxygen atoms in total. The Morgan fingerprint density at radius 3 is 2.57 bits per heavy atom. The van der Waals surface area contributed by atoms with Crippen LogP contribution in [0, 0.1) is 0 Å². The standard InChI is InChI=1S/C23H32N4O2.HI/c1-3-24-22(26-17-19-9-7-14-25-21(19)29-16-15-28-2)27-18-23(12-8-13-23)20-10-5-4-6-11-20;/h4-7,9-11,14H,3,8,12-13,15-18H2,1-2H3,(H2,24,26,27);1H. The second-order valence-electron chi connectivity index (χ2n) is 7.36. The predicted molar refractivity (Wildman–Crippen MR) is 132 cm³/mol. The third-order valence-electron chi connectivity index (χ3n) is 5.42. The van der Waals surface area contributed by atoms with Crippen LogP contribution < -0.4 is 15.4 Å². The molecule has 1 aromatic heterocycles. The molecule has 2 aromatic rings. The molecule has 0 amide bonds. The van der Waals surface area contributed by atoms with Gasteiger partial charge in [0.1, 0.15) is 6.61 Å². The molecule has 0 atom stereocenters. The van der Waals surface area contributed by atoms with Crippen LogP contribution in [0.15, 0.2) is 53.7 Å². The second kappa shape index (κ2) is 12.7. The van der Waals surface area contributed by atoms with Gasteiger partial charge in [-0.3, -0.25) is 0 Å². The van der Waals surface area contributed by atoms with Crippen LogP contribution in [0.1, 0.15) is 37.3 Å². The zero-order chi connectivity index (χ0) is 20.4. The van der Waals surface area contributed by atoms with Gasteiger partial charge in [0.2, 0.25) is 5.88 Å². The fourth-order valence-electron chi connectivity index (χ4n) is 3.62. The maximum Gasteiger partial charge on any atom is 0.218 e. The molecule has 30 heavy (non-hydrogen) atoms. The van der Waals surface area contributed by atoms with Gasteiger partial charge in [-0.1, -0.05) is 42.8 Å². The van der Waals surface area contributed by atoms with E-state index in [4.69, 9.17) is 14.5 Å². The Hall–Kier alpha value is -1.87. The van der Waals surface area contributed by atoms with E-state index in [9.17, 15) is 0 Å². The predicted octanol–water partition coefficient (Wildman–Crippen LogP) is 3.90. The zero-order valence-corrected chi connectivity index (χ0v) is 20.2. The van der Waals surface area contributed by atoms with E-state index in [2.05, 4.69) is 52.9 Å². The number of aromatic nitrogens is 1. The number of methoxy groups -OCH3 is 1. The van der Waals surface area contributed by atoms with Gasteiger partial charge in [-0.2, -0.15) is 0 Å². The van der Waals surface area contributed by atoms with Gasteiger partial charge in [0.15, 0.2) is 5.96 Å². The van der Waals surface area contributed by atoms with Crippen molar-refractivity contribution >= 4 is 29.9 Å². The Morgan fingerprint density at radius 1 is 1.10 bits per heavy atom. The molecular weight excluding hydrogens is 491 g/mol. The molecule has 0 radical (unpaired) electrons. The van der Waals surface area contributed by atoms with Crippen LogP contribution in [0.25, 0.3) is 0 Å². The van der Waals surface area contributed by atoms with Crippen LogP contribution in [-0.2, 0) is 16.7 Å². The summed E-state index contributed by atoms with van der Waals surface area (Å²) >= 11 is 0. The van der Waals surface area contributed by atoms with E-state index >= 15 is 0 Å². The fourth-order valence-corrected chi connectivity index (χ4v) is 3.62. The second-order valence-corrected chi connectivity index (χ2v) is 7.36. The molecule has 1 aliphatic carbocycles. The molecule has 164 valence electrons. The van der Waals surface area contributed by atoms with Crippen molar-refractivity contribution in [3.63, 3.8) is 0 Å². The first kappa shape index (κ1) is 24.4. The monoisotopic (exact) mass is 524 g/mol. The van der Waals surface area contributed by atoms with Crippen LogP contribution in [0.3, 0.4) is 0 Å². The third kappa shape index (κ3) is 6.57. The Labute approximate surface area is 196 Å². The molecule has 1 saturated carbocycles. The lowest BCUT2D eigenvalue weighted by molar-refractivity contribution is 0.143. The molecule has 7 heteroatoms. The molecule has 1 aromatic carbocycles. The maximum atomic E-state index is 5.72. The average molecular weight is 524 g/mol. The van der Waals surface area contributed by atoms with Crippen molar-refractivity contribution in [3.8, 4) is 5.88 Å². The van der Waals surface area contributed by atoms with E-state index in [1.165, 1.54) is 24.8 Å². The molecule has 1 fully saturated rings. The zero-order valence-electron chi connectivity index (χ0n) is 17.9. The normalized spacial score (nSPS) is 14.9. The number of rotatable bonds is 10. The van der Waals surface area contributed by atoms with Crippen molar-refractivity contribution in [1.82, 2.24) is 15.6 Å². The summed E-state index contributed by atoms with van der Waals surface area (Å²) < 4.78 is 10.8. The minimum absolute atomic E-state index is 0. The Kier molecular flexibility index (Phi) is 10.4. The van der Waals surface area contributed by atoms with E-state index in [1.54, 1.807) is 13.3 Å². The summed E-state index contributed by atoms with van der Waals surface area (Å²) in [6.07, 6.45) is 5.44. The molecule has 2 N–H and O–H groups in total. The molecule has 3 rings (SSSR count). The van der Waals surface area contributed by atoms with Crippen molar-refractivity contribution in [2.24, 2.45) is 4.99 Å². The highest BCUT2D eigenvalue weighted by Crippen LogP contribution is 2.43. The molecule has 0 aliphatic heterocycles. The summed E-state index contributed by atoms with van der Waals surface area (Å²) in [5.41, 5.74) is 2.58. The lowest BCUT2D eigenvalue weighted by atomic mass is 9.64. The minimum atomic E-state index is 0. The van der Waals surface area contributed by atoms with Gasteiger partial charge >= 0.3 is 0 Å². The van der Waals surface area contributed by atoms with Crippen molar-refractivity contribution in [2.45, 2.75) is 38.1 Å². The number of halogens is 1. The summed E-state index contributed by atoms with van der Waals surface area (Å²) in [5, 5.41) is 6.92. The highest BCUT2D eigenvalue weighted by Gasteiger charge is 2.38. The number of hydrogen-bond donors (Lipinski definition) is 2. The van der Waals surface area contributed by atoms with Gasteiger partial charge in [0.05, 0.1) is 13.2 Å². The molecule has 0 unspecified atom stereocenters. The van der Waals surface area contributed by atoms with Gasteiger partial charge in [-0.05, 0) is 31.4 Å². The lowest BCUT2D eigenvalue weighted by Gasteiger charge is -2.43. The van der Waals surface area contributed by atoms with Gasteiger partial charge in [-0.15, -0.1) is 24.0 Å². The van der Waals surface area contributed by atoms with Crippen LogP contribution in [0.5, 0.6) is 5.88 Å². The summed E-state index contributed by atoms with van der Waals surface area (Å²) in [6.45, 7) is 5.29. The summed E-state index contributed by atoms with van der Waals surface area (Å²) in [7, 11) is 1.66. The highest BCUT2D eigenvalue weighted by atomic mass is 127. The van der Waals surface area contributed by atoms with E-state index in [0.717, 1.165) is 24.6 Å². The van der Waals surface area contributed by atoms with Crippen LogP contribution in [0.4, 0.5) is 0 Å². The molecule has 1 heterocycles. The topological polar surface area (TPSA) is 67.8 Å². The maximum absolute atomic E-state index is 5.72. The van der Waals surface area contributed by atoms with E-state index < -0.39 is 0 Å². The van der Waals surface area contributed by atoms with Crippen molar-refractivity contribution in [3.05, 3.63) is 59.8 Å². The Morgan fingerprint density at radius 2 is 1.90 bits per heavy atom. The first-order valence-corrected chi connectivity index (χ1v) is 10.4. The number of guanidine groups is 1. The van der Waals surface area contributed by atoms with Gasteiger partial charge in [0.25, 0.3) is 0 Å². The number of nitrogens with one attached hydrogen (secondary N) is 2.